The Balaban J connectivity index is 2.19. The highest BCUT2D eigenvalue weighted by molar-refractivity contribution is 5.87. The number of carbonyl (C=O) groups excluding carboxylic acids is 1. The van der Waals surface area contributed by atoms with Crippen LogP contribution in [0.25, 0.3) is 0 Å². The number of methoxy groups -OCH3 is 2. The first-order valence-corrected chi connectivity index (χ1v) is 7.13. The first-order valence-electron chi connectivity index (χ1n) is 7.13. The van der Waals surface area contributed by atoms with E-state index in [4.69, 9.17) is 9.47 Å². The highest BCUT2D eigenvalue weighted by Gasteiger charge is 2.35. The standard InChI is InChI=1S/C17H21NO4/c1-4-5-16(19)18-8-6-17(20,7-9-18)13-10-14(21-2)12-15(11-13)22-3/h5,10-12,20H,1,6-9H2,2-3H3. The molecule has 22 heavy (non-hydrogen) atoms. The highest BCUT2D eigenvalue weighted by Crippen LogP contribution is 2.36. The van der Waals surface area contributed by atoms with E-state index in [0.29, 0.717) is 37.4 Å². The molecule has 0 saturated carbocycles. The van der Waals surface area contributed by atoms with Gasteiger partial charge in [0.15, 0.2) is 0 Å². The second-order valence-electron chi connectivity index (χ2n) is 5.31. The van der Waals surface area contributed by atoms with Crippen LogP contribution in [-0.4, -0.2) is 43.2 Å². The van der Waals surface area contributed by atoms with Crippen LogP contribution in [0.3, 0.4) is 0 Å². The summed E-state index contributed by atoms with van der Waals surface area (Å²) in [5.74, 6) is 1.15. The minimum absolute atomic E-state index is 0.125. The summed E-state index contributed by atoms with van der Waals surface area (Å²) < 4.78 is 10.5. The monoisotopic (exact) mass is 303 g/mol. The number of benzene rings is 1. The van der Waals surface area contributed by atoms with E-state index in [2.05, 4.69) is 12.3 Å². The van der Waals surface area contributed by atoms with Crippen LogP contribution in [0.1, 0.15) is 18.4 Å². The van der Waals surface area contributed by atoms with Crippen LogP contribution >= 0.6 is 0 Å². The molecule has 1 heterocycles. The zero-order valence-electron chi connectivity index (χ0n) is 13.0. The Morgan fingerprint density at radius 3 is 2.27 bits per heavy atom. The second-order valence-corrected chi connectivity index (χ2v) is 5.31. The van der Waals surface area contributed by atoms with Crippen molar-refractivity contribution in [2.75, 3.05) is 27.3 Å². The number of nitrogens with zero attached hydrogens (tertiary/aromatic N) is 1. The summed E-state index contributed by atoms with van der Waals surface area (Å²) in [7, 11) is 3.15. The minimum atomic E-state index is -0.990. The van der Waals surface area contributed by atoms with Crippen LogP contribution < -0.4 is 9.47 Å². The maximum Gasteiger partial charge on any atom is 0.254 e. The molecule has 1 fully saturated rings. The van der Waals surface area contributed by atoms with Crippen LogP contribution in [0.2, 0.25) is 0 Å². The number of ether oxygens (including phenoxy) is 2. The zero-order valence-corrected chi connectivity index (χ0v) is 13.0. The van der Waals surface area contributed by atoms with Crippen molar-refractivity contribution in [1.82, 2.24) is 4.90 Å². The van der Waals surface area contributed by atoms with Gasteiger partial charge in [0.2, 0.25) is 0 Å². The van der Waals surface area contributed by atoms with Gasteiger partial charge in [-0.15, -0.1) is 5.73 Å². The summed E-state index contributed by atoms with van der Waals surface area (Å²) in [4.78, 5) is 13.5. The minimum Gasteiger partial charge on any atom is -0.497 e. The average Bonchev–Trinajstić information content (AvgIpc) is 2.55. The molecule has 1 saturated heterocycles. The smallest absolute Gasteiger partial charge is 0.254 e. The largest absolute Gasteiger partial charge is 0.497 e. The Kier molecular flexibility index (Phi) is 4.91. The Bertz CT molecular complexity index is 574. The van der Waals surface area contributed by atoms with Crippen molar-refractivity contribution in [2.45, 2.75) is 18.4 Å². The van der Waals surface area contributed by atoms with Crippen molar-refractivity contribution < 1.29 is 19.4 Å². The number of rotatable bonds is 4. The van der Waals surface area contributed by atoms with Crippen molar-refractivity contribution in [2.24, 2.45) is 0 Å². The van der Waals surface area contributed by atoms with Crippen molar-refractivity contribution in [3.8, 4) is 11.5 Å². The number of hydrogen-bond acceptors (Lipinski definition) is 4. The SMILES string of the molecule is C=C=CC(=O)N1CCC(O)(c2cc(OC)cc(OC)c2)CC1. The fourth-order valence-electron chi connectivity index (χ4n) is 2.64. The lowest BCUT2D eigenvalue weighted by Crippen LogP contribution is -2.44. The third-order valence-electron chi connectivity index (χ3n) is 4.02. The van der Waals surface area contributed by atoms with Gasteiger partial charge < -0.3 is 19.5 Å². The molecule has 1 aliphatic rings. The van der Waals surface area contributed by atoms with E-state index in [-0.39, 0.29) is 5.91 Å². The molecule has 1 aliphatic heterocycles. The Labute approximate surface area is 130 Å². The van der Waals surface area contributed by atoms with Crippen LogP contribution in [0.5, 0.6) is 11.5 Å². The summed E-state index contributed by atoms with van der Waals surface area (Å²) in [5, 5.41) is 10.9. The molecular formula is C17H21NO4. The van der Waals surface area contributed by atoms with Gasteiger partial charge in [0.25, 0.3) is 5.91 Å². The van der Waals surface area contributed by atoms with Crippen molar-refractivity contribution in [3.63, 3.8) is 0 Å². The summed E-state index contributed by atoms with van der Waals surface area (Å²) >= 11 is 0. The first kappa shape index (κ1) is 16.1. The predicted octanol–water partition coefficient (Wildman–Crippen LogP) is 1.85. The molecule has 1 amide bonds. The second kappa shape index (κ2) is 6.69. The summed E-state index contributed by atoms with van der Waals surface area (Å²) in [6, 6.07) is 5.38. The normalized spacial score (nSPS) is 16.6. The van der Waals surface area contributed by atoms with E-state index in [1.54, 1.807) is 25.2 Å². The maximum atomic E-state index is 11.8. The fourth-order valence-corrected chi connectivity index (χ4v) is 2.64. The number of carbonyl (C=O) groups is 1. The molecule has 0 unspecified atom stereocenters. The quantitative estimate of drug-likeness (QED) is 0.681. The fraction of sp³-hybridized carbons (Fsp3) is 0.412. The van der Waals surface area contributed by atoms with Crippen molar-refractivity contribution in [3.05, 3.63) is 42.1 Å². The maximum absolute atomic E-state index is 11.8. The van der Waals surface area contributed by atoms with Gasteiger partial charge in [-0.05, 0) is 30.5 Å². The molecule has 0 bridgehead atoms. The summed E-state index contributed by atoms with van der Waals surface area (Å²) in [5.41, 5.74) is 2.24. The molecule has 1 aromatic rings. The number of piperidine rings is 1. The topological polar surface area (TPSA) is 59.0 Å². The molecule has 5 heteroatoms. The van der Waals surface area contributed by atoms with Gasteiger partial charge in [-0.25, -0.2) is 0 Å². The van der Waals surface area contributed by atoms with Crippen molar-refractivity contribution >= 4 is 5.91 Å². The molecule has 0 aromatic heterocycles. The summed E-state index contributed by atoms with van der Waals surface area (Å²) in [6.07, 6.45) is 2.24. The highest BCUT2D eigenvalue weighted by atomic mass is 16.5. The van der Waals surface area contributed by atoms with Crippen molar-refractivity contribution in [1.29, 1.82) is 0 Å². The lowest BCUT2D eigenvalue weighted by atomic mass is 9.84. The first-order chi connectivity index (χ1) is 10.5. The Hall–Kier alpha value is -2.23. The van der Waals surface area contributed by atoms with Gasteiger partial charge >= 0.3 is 0 Å². The zero-order chi connectivity index (χ0) is 16.2. The van der Waals surface area contributed by atoms with E-state index < -0.39 is 5.60 Å². The molecule has 2 rings (SSSR count). The van der Waals surface area contributed by atoms with E-state index in [1.807, 2.05) is 12.1 Å². The number of amides is 1. The molecule has 0 atom stereocenters. The van der Waals surface area contributed by atoms with Crippen LogP contribution in [0.4, 0.5) is 0 Å². The molecule has 118 valence electrons. The molecule has 0 radical (unpaired) electrons. The van der Waals surface area contributed by atoms with E-state index in [1.165, 1.54) is 6.08 Å². The number of aliphatic hydroxyl groups is 1. The Morgan fingerprint density at radius 2 is 1.82 bits per heavy atom. The van der Waals surface area contributed by atoms with Gasteiger partial charge in [0, 0.05) is 25.2 Å². The van der Waals surface area contributed by atoms with Crippen LogP contribution in [0.15, 0.2) is 36.6 Å². The average molecular weight is 303 g/mol. The number of likely N-dealkylation sites (tertiary alicyclic amines) is 1. The Morgan fingerprint density at radius 1 is 1.27 bits per heavy atom. The van der Waals surface area contributed by atoms with Gasteiger partial charge in [-0.3, -0.25) is 4.79 Å². The van der Waals surface area contributed by atoms with Gasteiger partial charge in [-0.2, -0.15) is 0 Å². The molecule has 5 nitrogen and oxygen atoms in total. The molecule has 1 N–H and O–H groups in total. The van der Waals surface area contributed by atoms with E-state index in [9.17, 15) is 9.90 Å². The molecule has 0 spiro atoms. The summed E-state index contributed by atoms with van der Waals surface area (Å²) in [6.45, 7) is 4.36. The predicted molar refractivity (Wildman–Crippen MR) is 83.0 cm³/mol. The van der Waals surface area contributed by atoms with Crippen LogP contribution in [-0.2, 0) is 10.4 Å². The lowest BCUT2D eigenvalue weighted by Gasteiger charge is -2.38. The molecule has 1 aromatic carbocycles. The lowest BCUT2D eigenvalue weighted by molar-refractivity contribution is -0.130. The van der Waals surface area contributed by atoms with Gasteiger partial charge in [-0.1, -0.05) is 6.58 Å². The molecular weight excluding hydrogens is 282 g/mol. The molecule has 0 aliphatic carbocycles. The third kappa shape index (κ3) is 3.32. The van der Waals surface area contributed by atoms with Crippen LogP contribution in [0, 0.1) is 0 Å². The van der Waals surface area contributed by atoms with Gasteiger partial charge in [0.05, 0.1) is 19.8 Å². The third-order valence-corrected chi connectivity index (χ3v) is 4.02. The number of hydrogen-bond donors (Lipinski definition) is 1. The van der Waals surface area contributed by atoms with Gasteiger partial charge in [0.1, 0.15) is 11.5 Å². The van der Waals surface area contributed by atoms with E-state index in [0.717, 1.165) is 5.56 Å². The van der Waals surface area contributed by atoms with E-state index >= 15 is 0 Å².